The summed E-state index contributed by atoms with van der Waals surface area (Å²) in [4.78, 5) is 12.2. The van der Waals surface area contributed by atoms with Crippen LogP contribution < -0.4 is 20.9 Å². The van der Waals surface area contributed by atoms with Crippen molar-refractivity contribution < 1.29 is 13.9 Å². The molecule has 0 saturated heterocycles. The monoisotopic (exact) mass is 381 g/mol. The van der Waals surface area contributed by atoms with E-state index in [1.807, 2.05) is 30.3 Å². The van der Waals surface area contributed by atoms with Gasteiger partial charge in [0.05, 0.1) is 5.69 Å². The van der Waals surface area contributed by atoms with Gasteiger partial charge in [0.1, 0.15) is 17.3 Å². The van der Waals surface area contributed by atoms with Crippen LogP contribution in [0.1, 0.15) is 10.4 Å². The summed E-state index contributed by atoms with van der Waals surface area (Å²) in [5, 5.41) is 2.73. The Morgan fingerprint density at radius 1 is 0.815 bits per heavy atom. The second-order valence-electron chi connectivity index (χ2n) is 5.45. The molecule has 0 atom stereocenters. The minimum atomic E-state index is -0.443. The van der Waals surface area contributed by atoms with Crippen LogP contribution in [0.2, 0.25) is 0 Å². The first-order valence-corrected chi connectivity index (χ1v) is 8.47. The summed E-state index contributed by atoms with van der Waals surface area (Å²) >= 11 is 5.03. The Morgan fingerprint density at radius 2 is 1.44 bits per heavy atom. The van der Waals surface area contributed by atoms with Crippen molar-refractivity contribution in [2.24, 2.45) is 0 Å². The highest BCUT2D eigenvalue weighted by Gasteiger charge is 2.08. The molecular formula is C20H16FN3O2S. The molecule has 0 spiro atoms. The predicted molar refractivity (Wildman–Crippen MR) is 106 cm³/mol. The van der Waals surface area contributed by atoms with Gasteiger partial charge >= 0.3 is 0 Å². The summed E-state index contributed by atoms with van der Waals surface area (Å²) in [7, 11) is 0. The minimum absolute atomic E-state index is 0.0671. The van der Waals surface area contributed by atoms with Gasteiger partial charge in [0, 0.05) is 5.56 Å². The SMILES string of the molecule is O=C(NNC(=S)Nc1ccccc1F)c1ccc(Oc2ccccc2)cc1. The molecular weight excluding hydrogens is 365 g/mol. The zero-order chi connectivity index (χ0) is 19.1. The first-order chi connectivity index (χ1) is 13.1. The number of hydrogen-bond acceptors (Lipinski definition) is 3. The van der Waals surface area contributed by atoms with Crippen molar-refractivity contribution in [3.05, 3.63) is 90.2 Å². The molecule has 0 unspecified atom stereocenters. The Balaban J connectivity index is 1.52. The van der Waals surface area contributed by atoms with Crippen molar-refractivity contribution in [2.75, 3.05) is 5.32 Å². The molecule has 0 aromatic heterocycles. The normalized spacial score (nSPS) is 9.96. The van der Waals surface area contributed by atoms with Gasteiger partial charge in [-0.15, -0.1) is 0 Å². The van der Waals surface area contributed by atoms with Crippen LogP contribution in [-0.2, 0) is 0 Å². The lowest BCUT2D eigenvalue weighted by Gasteiger charge is -2.12. The third kappa shape index (κ3) is 5.26. The minimum Gasteiger partial charge on any atom is -0.457 e. The molecule has 0 aliphatic heterocycles. The summed E-state index contributed by atoms with van der Waals surface area (Å²) in [6.45, 7) is 0. The quantitative estimate of drug-likeness (QED) is 0.466. The third-order valence-corrected chi connectivity index (χ3v) is 3.71. The Morgan fingerprint density at radius 3 is 2.15 bits per heavy atom. The van der Waals surface area contributed by atoms with Crippen molar-refractivity contribution in [1.29, 1.82) is 0 Å². The molecule has 3 aromatic carbocycles. The number of rotatable bonds is 4. The molecule has 0 fully saturated rings. The summed E-state index contributed by atoms with van der Waals surface area (Å²) in [6, 6.07) is 22.1. The largest absolute Gasteiger partial charge is 0.457 e. The summed E-state index contributed by atoms with van der Waals surface area (Å²) < 4.78 is 19.2. The number of benzene rings is 3. The van der Waals surface area contributed by atoms with Gasteiger partial charge in [-0.2, -0.15) is 0 Å². The van der Waals surface area contributed by atoms with Gasteiger partial charge in [0.15, 0.2) is 5.11 Å². The van der Waals surface area contributed by atoms with Crippen LogP contribution >= 0.6 is 12.2 Å². The highest BCUT2D eigenvalue weighted by atomic mass is 32.1. The van der Waals surface area contributed by atoms with Gasteiger partial charge in [0.25, 0.3) is 5.91 Å². The zero-order valence-corrected chi connectivity index (χ0v) is 14.9. The van der Waals surface area contributed by atoms with Gasteiger partial charge in [-0.1, -0.05) is 30.3 Å². The maximum absolute atomic E-state index is 13.6. The molecule has 0 saturated carbocycles. The third-order valence-electron chi connectivity index (χ3n) is 3.51. The number of carbonyl (C=O) groups excluding carboxylic acids is 1. The van der Waals surface area contributed by atoms with Crippen molar-refractivity contribution in [3.63, 3.8) is 0 Å². The van der Waals surface area contributed by atoms with E-state index in [0.29, 0.717) is 17.1 Å². The number of para-hydroxylation sites is 2. The van der Waals surface area contributed by atoms with Gasteiger partial charge in [-0.25, -0.2) is 4.39 Å². The zero-order valence-electron chi connectivity index (χ0n) is 14.1. The van der Waals surface area contributed by atoms with Crippen molar-refractivity contribution in [3.8, 4) is 11.5 Å². The molecule has 0 aliphatic carbocycles. The van der Waals surface area contributed by atoms with Crippen LogP contribution in [0.15, 0.2) is 78.9 Å². The van der Waals surface area contributed by atoms with Crippen molar-refractivity contribution in [2.45, 2.75) is 0 Å². The number of carbonyl (C=O) groups is 1. The maximum Gasteiger partial charge on any atom is 0.269 e. The number of halogens is 1. The number of hydrogen-bond donors (Lipinski definition) is 3. The fourth-order valence-corrected chi connectivity index (χ4v) is 2.36. The first kappa shape index (κ1) is 18.3. The van der Waals surface area contributed by atoms with E-state index >= 15 is 0 Å². The highest BCUT2D eigenvalue weighted by Crippen LogP contribution is 2.21. The number of nitrogens with one attached hydrogen (secondary N) is 3. The Hall–Kier alpha value is -3.45. The maximum atomic E-state index is 13.6. The van der Waals surface area contributed by atoms with E-state index in [1.165, 1.54) is 12.1 Å². The number of ether oxygens (including phenoxy) is 1. The first-order valence-electron chi connectivity index (χ1n) is 8.06. The van der Waals surface area contributed by atoms with Crippen molar-refractivity contribution in [1.82, 2.24) is 10.9 Å². The summed E-state index contributed by atoms with van der Waals surface area (Å²) in [6.07, 6.45) is 0. The van der Waals surface area contributed by atoms with E-state index in [-0.39, 0.29) is 16.7 Å². The van der Waals surface area contributed by atoms with Crippen LogP contribution in [0, 0.1) is 5.82 Å². The van der Waals surface area contributed by atoms with Gasteiger partial charge in [-0.05, 0) is 60.7 Å². The fourth-order valence-electron chi connectivity index (χ4n) is 2.20. The van der Waals surface area contributed by atoms with Gasteiger partial charge in [-0.3, -0.25) is 15.6 Å². The summed E-state index contributed by atoms with van der Waals surface area (Å²) in [5.74, 6) is 0.490. The molecule has 3 N–H and O–H groups in total. The van der Waals surface area contributed by atoms with E-state index < -0.39 is 5.82 Å². The summed E-state index contributed by atoms with van der Waals surface area (Å²) in [5.41, 5.74) is 5.61. The molecule has 27 heavy (non-hydrogen) atoms. The van der Waals surface area contributed by atoms with Crippen LogP contribution in [0.4, 0.5) is 10.1 Å². The Kier molecular flexibility index (Phi) is 5.96. The van der Waals surface area contributed by atoms with E-state index in [1.54, 1.807) is 36.4 Å². The lowest BCUT2D eigenvalue weighted by Crippen LogP contribution is -2.43. The molecule has 5 nitrogen and oxygen atoms in total. The van der Waals surface area contributed by atoms with Gasteiger partial charge < -0.3 is 10.1 Å². The average molecular weight is 381 g/mol. The van der Waals surface area contributed by atoms with E-state index in [0.717, 1.165) is 0 Å². The van der Waals surface area contributed by atoms with Crippen LogP contribution in [-0.4, -0.2) is 11.0 Å². The molecule has 1 amide bonds. The van der Waals surface area contributed by atoms with E-state index in [4.69, 9.17) is 17.0 Å². The lowest BCUT2D eigenvalue weighted by molar-refractivity contribution is 0.0944. The molecule has 0 radical (unpaired) electrons. The Labute approximate surface area is 161 Å². The Bertz CT molecular complexity index is 933. The molecule has 0 bridgehead atoms. The van der Waals surface area contributed by atoms with Crippen LogP contribution in [0.3, 0.4) is 0 Å². The van der Waals surface area contributed by atoms with Crippen molar-refractivity contribution >= 4 is 28.9 Å². The predicted octanol–water partition coefficient (Wildman–Crippen LogP) is 4.25. The molecule has 136 valence electrons. The molecule has 3 aromatic rings. The highest BCUT2D eigenvalue weighted by molar-refractivity contribution is 7.80. The van der Waals surface area contributed by atoms with Gasteiger partial charge in [0.2, 0.25) is 0 Å². The number of hydrazine groups is 1. The standard InChI is InChI=1S/C20H16FN3O2S/c21-17-8-4-5-9-18(17)22-20(27)24-23-19(25)14-10-12-16(13-11-14)26-15-6-2-1-3-7-15/h1-13H,(H,23,25)(H2,22,24,27). The lowest BCUT2D eigenvalue weighted by atomic mass is 10.2. The molecule has 0 aliphatic rings. The fraction of sp³-hybridized carbons (Fsp3) is 0. The average Bonchev–Trinajstić information content (AvgIpc) is 2.69. The smallest absolute Gasteiger partial charge is 0.269 e. The van der Waals surface area contributed by atoms with E-state index in [2.05, 4.69) is 16.2 Å². The second kappa shape index (κ2) is 8.77. The van der Waals surface area contributed by atoms with Crippen LogP contribution in [0.5, 0.6) is 11.5 Å². The topological polar surface area (TPSA) is 62.4 Å². The second-order valence-corrected chi connectivity index (χ2v) is 5.86. The molecule has 0 heterocycles. The van der Waals surface area contributed by atoms with E-state index in [9.17, 15) is 9.18 Å². The number of amides is 1. The van der Waals surface area contributed by atoms with Crippen LogP contribution in [0.25, 0.3) is 0 Å². The number of anilines is 1. The molecule has 7 heteroatoms. The number of thiocarbonyl (C=S) groups is 1. The molecule has 3 rings (SSSR count).